The van der Waals surface area contributed by atoms with Crippen molar-refractivity contribution in [3.63, 3.8) is 0 Å². The largest absolute Gasteiger partial charge is 0.380 e. The zero-order chi connectivity index (χ0) is 12.4. The molecule has 1 aromatic heterocycles. The first-order chi connectivity index (χ1) is 8.06. The molecule has 0 fully saturated rings. The predicted molar refractivity (Wildman–Crippen MR) is 78.1 cm³/mol. The molecule has 0 amide bonds. The molecule has 0 aliphatic carbocycles. The third-order valence-corrected chi connectivity index (χ3v) is 4.79. The second kappa shape index (κ2) is 5.38. The van der Waals surface area contributed by atoms with Gasteiger partial charge in [0.15, 0.2) is 4.47 Å². The van der Waals surface area contributed by atoms with E-state index in [1.165, 1.54) is 26.9 Å². The van der Waals surface area contributed by atoms with Crippen LogP contribution in [0.1, 0.15) is 16.0 Å². The fourth-order valence-electron chi connectivity index (χ4n) is 1.60. The summed E-state index contributed by atoms with van der Waals surface area (Å²) in [5.74, 6) is 0. The Bertz CT molecular complexity index is 516. The van der Waals surface area contributed by atoms with Crippen molar-refractivity contribution in [1.82, 2.24) is 4.98 Å². The Kier molecular flexibility index (Phi) is 4.07. The first kappa shape index (κ1) is 12.9. The van der Waals surface area contributed by atoms with Crippen molar-refractivity contribution in [2.45, 2.75) is 20.4 Å². The van der Waals surface area contributed by atoms with E-state index in [1.807, 2.05) is 0 Å². The lowest BCUT2D eigenvalue weighted by atomic mass is 10.1. The van der Waals surface area contributed by atoms with Gasteiger partial charge in [-0.05, 0) is 37.1 Å². The predicted octanol–water partition coefficient (Wildman–Crippen LogP) is 4.79. The topological polar surface area (TPSA) is 24.9 Å². The van der Waals surface area contributed by atoms with Gasteiger partial charge in [0.2, 0.25) is 0 Å². The van der Waals surface area contributed by atoms with Crippen LogP contribution in [0.5, 0.6) is 0 Å². The van der Waals surface area contributed by atoms with Crippen molar-refractivity contribution in [3.05, 3.63) is 43.3 Å². The molecule has 0 radical (unpaired) electrons. The maximum absolute atomic E-state index is 5.79. The van der Waals surface area contributed by atoms with E-state index in [1.54, 1.807) is 6.20 Å². The first-order valence-electron chi connectivity index (χ1n) is 5.17. The van der Waals surface area contributed by atoms with Crippen LogP contribution in [0.15, 0.2) is 22.8 Å². The third-order valence-electron chi connectivity index (χ3n) is 2.43. The van der Waals surface area contributed by atoms with Gasteiger partial charge in [0.05, 0.1) is 6.54 Å². The molecule has 0 atom stereocenters. The Morgan fingerprint density at radius 3 is 2.53 bits per heavy atom. The minimum absolute atomic E-state index is 0.588. The van der Waals surface area contributed by atoms with Gasteiger partial charge in [-0.1, -0.05) is 27.5 Å². The van der Waals surface area contributed by atoms with E-state index >= 15 is 0 Å². The standard InChI is InChI=1S/C12H12BrClN2S/c1-7-3-9(4-8(2)11(7)13)15-5-10-6-16-12(14)17-10/h3-4,6,15H,5H2,1-2H3. The van der Waals surface area contributed by atoms with Gasteiger partial charge in [-0.2, -0.15) is 0 Å². The Morgan fingerprint density at radius 1 is 1.35 bits per heavy atom. The monoisotopic (exact) mass is 330 g/mol. The van der Waals surface area contributed by atoms with Crippen LogP contribution in [0.3, 0.4) is 0 Å². The molecule has 1 N–H and O–H groups in total. The summed E-state index contributed by atoms with van der Waals surface area (Å²) < 4.78 is 1.76. The van der Waals surface area contributed by atoms with Gasteiger partial charge in [0.1, 0.15) is 0 Å². The van der Waals surface area contributed by atoms with Gasteiger partial charge in [0, 0.05) is 21.2 Å². The number of aryl methyl sites for hydroxylation is 2. The number of hydrogen-bond acceptors (Lipinski definition) is 3. The summed E-state index contributed by atoms with van der Waals surface area (Å²) in [6.45, 7) is 4.93. The maximum atomic E-state index is 5.79. The highest BCUT2D eigenvalue weighted by Gasteiger charge is 2.03. The van der Waals surface area contributed by atoms with E-state index in [0.717, 1.165) is 17.1 Å². The number of aromatic nitrogens is 1. The van der Waals surface area contributed by atoms with Crippen molar-refractivity contribution in [1.29, 1.82) is 0 Å². The summed E-state index contributed by atoms with van der Waals surface area (Å²) in [5, 5.41) is 3.37. The van der Waals surface area contributed by atoms with E-state index in [-0.39, 0.29) is 0 Å². The highest BCUT2D eigenvalue weighted by molar-refractivity contribution is 9.10. The SMILES string of the molecule is Cc1cc(NCc2cnc(Cl)s2)cc(C)c1Br. The summed E-state index contributed by atoms with van der Waals surface area (Å²) >= 11 is 10.8. The number of benzene rings is 1. The van der Waals surface area contributed by atoms with Crippen LogP contribution in [0.4, 0.5) is 5.69 Å². The quantitative estimate of drug-likeness (QED) is 0.875. The van der Waals surface area contributed by atoms with Gasteiger partial charge in [-0.3, -0.25) is 0 Å². The molecule has 1 aromatic carbocycles. The summed E-state index contributed by atoms with van der Waals surface area (Å²) in [7, 11) is 0. The molecule has 0 spiro atoms. The first-order valence-corrected chi connectivity index (χ1v) is 7.16. The molecule has 1 heterocycles. The lowest BCUT2D eigenvalue weighted by Crippen LogP contribution is -1.98. The molecule has 0 aliphatic heterocycles. The van der Waals surface area contributed by atoms with Gasteiger partial charge in [0.25, 0.3) is 0 Å². The van der Waals surface area contributed by atoms with Gasteiger partial charge in [-0.25, -0.2) is 4.98 Å². The Hall–Kier alpha value is -0.580. The fraction of sp³-hybridized carbons (Fsp3) is 0.250. The highest BCUT2D eigenvalue weighted by atomic mass is 79.9. The average Bonchev–Trinajstić information content (AvgIpc) is 2.69. The van der Waals surface area contributed by atoms with Gasteiger partial charge >= 0.3 is 0 Å². The van der Waals surface area contributed by atoms with Crippen molar-refractivity contribution < 1.29 is 0 Å². The molecule has 2 nitrogen and oxygen atoms in total. The molecule has 5 heteroatoms. The number of thiazole rings is 1. The number of nitrogens with one attached hydrogen (secondary N) is 1. The second-order valence-corrected chi connectivity index (χ2v) is 6.35. The summed E-state index contributed by atoms with van der Waals surface area (Å²) in [6.07, 6.45) is 1.80. The zero-order valence-electron chi connectivity index (χ0n) is 9.55. The summed E-state index contributed by atoms with van der Waals surface area (Å²) in [4.78, 5) is 5.15. The van der Waals surface area contributed by atoms with Crippen LogP contribution in [0.2, 0.25) is 4.47 Å². The molecule has 2 aromatic rings. The third kappa shape index (κ3) is 3.21. The van der Waals surface area contributed by atoms with E-state index in [0.29, 0.717) is 4.47 Å². The minimum atomic E-state index is 0.588. The number of hydrogen-bond donors (Lipinski definition) is 1. The highest BCUT2D eigenvalue weighted by Crippen LogP contribution is 2.26. The Morgan fingerprint density at radius 2 is 2.00 bits per heavy atom. The van der Waals surface area contributed by atoms with Crippen LogP contribution in [0, 0.1) is 13.8 Å². The van der Waals surface area contributed by atoms with Crippen molar-refractivity contribution >= 4 is 44.6 Å². The summed E-state index contributed by atoms with van der Waals surface area (Å²) in [5.41, 5.74) is 3.58. The molecule has 0 saturated heterocycles. The molecule has 0 saturated carbocycles. The van der Waals surface area contributed by atoms with Crippen LogP contribution in [-0.4, -0.2) is 4.98 Å². The molecule has 2 rings (SSSR count). The van der Waals surface area contributed by atoms with Crippen molar-refractivity contribution in [2.75, 3.05) is 5.32 Å². The van der Waals surface area contributed by atoms with E-state index in [2.05, 4.69) is 52.2 Å². The molecule has 0 aliphatic rings. The molecular formula is C12H12BrClN2S. The normalized spacial score (nSPS) is 10.6. The smallest absolute Gasteiger partial charge is 0.183 e. The van der Waals surface area contributed by atoms with Crippen LogP contribution >= 0.6 is 38.9 Å². The average molecular weight is 332 g/mol. The lowest BCUT2D eigenvalue weighted by molar-refractivity contribution is 1.16. The van der Waals surface area contributed by atoms with Gasteiger partial charge in [-0.15, -0.1) is 11.3 Å². The number of nitrogens with zero attached hydrogens (tertiary/aromatic N) is 1. The van der Waals surface area contributed by atoms with Gasteiger partial charge < -0.3 is 5.32 Å². The second-order valence-electron chi connectivity index (χ2n) is 3.86. The number of rotatable bonds is 3. The number of anilines is 1. The van der Waals surface area contributed by atoms with Crippen LogP contribution < -0.4 is 5.32 Å². The molecule has 0 bridgehead atoms. The zero-order valence-corrected chi connectivity index (χ0v) is 12.7. The molecule has 17 heavy (non-hydrogen) atoms. The maximum Gasteiger partial charge on any atom is 0.183 e. The molecule has 0 unspecified atom stereocenters. The molecular weight excluding hydrogens is 320 g/mol. The van der Waals surface area contributed by atoms with Crippen molar-refractivity contribution in [2.24, 2.45) is 0 Å². The van der Waals surface area contributed by atoms with Crippen LogP contribution in [-0.2, 0) is 6.54 Å². The lowest BCUT2D eigenvalue weighted by Gasteiger charge is -2.09. The fourth-order valence-corrected chi connectivity index (χ4v) is 2.75. The number of halogens is 2. The van der Waals surface area contributed by atoms with Crippen molar-refractivity contribution in [3.8, 4) is 0 Å². The Balaban J connectivity index is 2.09. The molecule has 90 valence electrons. The van der Waals surface area contributed by atoms with E-state index < -0.39 is 0 Å². The van der Waals surface area contributed by atoms with E-state index in [4.69, 9.17) is 11.6 Å². The van der Waals surface area contributed by atoms with E-state index in [9.17, 15) is 0 Å². The minimum Gasteiger partial charge on any atom is -0.380 e. The summed E-state index contributed by atoms with van der Waals surface area (Å²) in [6, 6.07) is 4.25. The Labute approximate surface area is 118 Å². The van der Waals surface area contributed by atoms with Crippen LogP contribution in [0.25, 0.3) is 0 Å².